The van der Waals surface area contributed by atoms with Crippen molar-refractivity contribution >= 4 is 15.9 Å². The van der Waals surface area contributed by atoms with Crippen LogP contribution in [0.4, 0.5) is 0 Å². The molecule has 106 valence electrons. The normalized spacial score (nSPS) is 20.2. The Labute approximate surface area is 126 Å². The van der Waals surface area contributed by atoms with E-state index in [0.29, 0.717) is 24.3 Å². The first-order valence-electron chi connectivity index (χ1n) is 6.75. The predicted molar refractivity (Wildman–Crippen MR) is 80.2 cm³/mol. The molecule has 20 heavy (non-hydrogen) atoms. The van der Waals surface area contributed by atoms with Gasteiger partial charge in [0.25, 0.3) is 0 Å². The Balaban J connectivity index is 1.70. The lowest BCUT2D eigenvalue weighted by atomic mass is 10.2. The zero-order chi connectivity index (χ0) is 13.9. The molecule has 1 saturated heterocycles. The number of nitrogens with zero attached hydrogens (tertiary/aromatic N) is 3. The summed E-state index contributed by atoms with van der Waals surface area (Å²) in [5, 5.41) is 7.48. The molecule has 1 aliphatic heterocycles. The fourth-order valence-electron chi connectivity index (χ4n) is 2.41. The van der Waals surface area contributed by atoms with E-state index < -0.39 is 0 Å². The van der Waals surface area contributed by atoms with Crippen LogP contribution in [0.5, 0.6) is 0 Å². The first-order chi connectivity index (χ1) is 9.70. The number of hydrogen-bond acceptors (Lipinski definition) is 5. The second-order valence-corrected chi connectivity index (χ2v) is 6.03. The van der Waals surface area contributed by atoms with E-state index in [0.717, 1.165) is 29.7 Å². The van der Waals surface area contributed by atoms with Gasteiger partial charge in [-0.25, -0.2) is 0 Å². The summed E-state index contributed by atoms with van der Waals surface area (Å²) < 4.78 is 6.37. The highest BCUT2D eigenvalue weighted by Gasteiger charge is 2.18. The second kappa shape index (κ2) is 6.03. The lowest BCUT2D eigenvalue weighted by molar-refractivity contribution is 0.177. The molecule has 2 aromatic rings. The maximum atomic E-state index is 5.36. The third-order valence-corrected chi connectivity index (χ3v) is 3.86. The highest BCUT2D eigenvalue weighted by molar-refractivity contribution is 9.10. The van der Waals surface area contributed by atoms with Gasteiger partial charge in [0.2, 0.25) is 11.7 Å². The van der Waals surface area contributed by atoms with Gasteiger partial charge in [-0.15, -0.1) is 0 Å². The van der Waals surface area contributed by atoms with Crippen LogP contribution in [0.15, 0.2) is 33.3 Å². The van der Waals surface area contributed by atoms with Gasteiger partial charge in [0.05, 0.1) is 6.54 Å². The number of benzene rings is 1. The van der Waals surface area contributed by atoms with Gasteiger partial charge in [-0.3, -0.25) is 4.90 Å². The van der Waals surface area contributed by atoms with Crippen molar-refractivity contribution < 1.29 is 4.52 Å². The van der Waals surface area contributed by atoms with Gasteiger partial charge in [0.1, 0.15) is 0 Å². The van der Waals surface area contributed by atoms with E-state index in [9.17, 15) is 0 Å². The van der Waals surface area contributed by atoms with Crippen LogP contribution in [-0.4, -0.2) is 40.7 Å². The Bertz CT molecular complexity index is 586. The quantitative estimate of drug-likeness (QED) is 0.931. The molecule has 0 bridgehead atoms. The predicted octanol–water partition coefficient (Wildman–Crippen LogP) is 2.29. The first-order valence-corrected chi connectivity index (χ1v) is 7.54. The van der Waals surface area contributed by atoms with Gasteiger partial charge in [-0.05, 0) is 19.1 Å². The van der Waals surface area contributed by atoms with E-state index in [1.165, 1.54) is 0 Å². The minimum Gasteiger partial charge on any atom is -0.338 e. The van der Waals surface area contributed by atoms with Gasteiger partial charge in [-0.1, -0.05) is 33.2 Å². The third kappa shape index (κ3) is 3.26. The molecule has 1 aromatic carbocycles. The molecule has 1 fully saturated rings. The molecule has 5 nitrogen and oxygen atoms in total. The van der Waals surface area contributed by atoms with Crippen LogP contribution >= 0.6 is 15.9 Å². The molecule has 0 radical (unpaired) electrons. The van der Waals surface area contributed by atoms with E-state index in [1.807, 2.05) is 24.3 Å². The zero-order valence-electron chi connectivity index (χ0n) is 11.3. The molecule has 1 atom stereocenters. The van der Waals surface area contributed by atoms with Crippen LogP contribution in [0.1, 0.15) is 12.8 Å². The van der Waals surface area contributed by atoms with E-state index >= 15 is 0 Å². The zero-order valence-corrected chi connectivity index (χ0v) is 12.9. The van der Waals surface area contributed by atoms with E-state index in [-0.39, 0.29) is 0 Å². The van der Waals surface area contributed by atoms with Crippen LogP contribution in [0.25, 0.3) is 11.4 Å². The number of rotatable bonds is 3. The highest BCUT2D eigenvalue weighted by atomic mass is 79.9. The van der Waals surface area contributed by atoms with Crippen LogP contribution in [0.3, 0.4) is 0 Å². The summed E-state index contributed by atoms with van der Waals surface area (Å²) in [6, 6.07) is 8.42. The fraction of sp³-hybridized carbons (Fsp3) is 0.429. The van der Waals surface area contributed by atoms with Crippen molar-refractivity contribution in [2.24, 2.45) is 0 Å². The molecule has 0 saturated carbocycles. The number of hydrogen-bond donors (Lipinski definition) is 1. The molecule has 3 rings (SSSR count). The van der Waals surface area contributed by atoms with Crippen LogP contribution < -0.4 is 5.32 Å². The average Bonchev–Trinajstić information content (AvgIpc) is 2.87. The minimum atomic E-state index is 0.510. The maximum Gasteiger partial charge on any atom is 0.241 e. The smallest absolute Gasteiger partial charge is 0.241 e. The number of nitrogens with one attached hydrogen (secondary N) is 1. The van der Waals surface area contributed by atoms with Crippen molar-refractivity contribution in [1.29, 1.82) is 0 Å². The fourth-order valence-corrected chi connectivity index (χ4v) is 2.81. The molecule has 1 aromatic heterocycles. The van der Waals surface area contributed by atoms with Crippen molar-refractivity contribution in [3.8, 4) is 11.4 Å². The Morgan fingerprint density at radius 2 is 2.40 bits per heavy atom. The molecule has 0 spiro atoms. The molecule has 1 unspecified atom stereocenters. The van der Waals surface area contributed by atoms with Crippen LogP contribution in [0, 0.1) is 0 Å². The summed E-state index contributed by atoms with van der Waals surface area (Å²) in [5.74, 6) is 1.32. The lowest BCUT2D eigenvalue weighted by Gasteiger charge is -2.30. The largest absolute Gasteiger partial charge is 0.338 e. The Hall–Kier alpha value is -1.24. The minimum absolute atomic E-state index is 0.510. The van der Waals surface area contributed by atoms with Gasteiger partial charge in [0.15, 0.2) is 0 Å². The molecule has 0 aliphatic carbocycles. The van der Waals surface area contributed by atoms with Gasteiger partial charge < -0.3 is 9.84 Å². The van der Waals surface area contributed by atoms with Crippen molar-refractivity contribution in [3.63, 3.8) is 0 Å². The molecular weight excluding hydrogens is 320 g/mol. The molecule has 1 aliphatic rings. The highest BCUT2D eigenvalue weighted by Crippen LogP contribution is 2.20. The first kappa shape index (κ1) is 13.7. The monoisotopic (exact) mass is 336 g/mol. The summed E-state index contributed by atoms with van der Waals surface area (Å²) in [5.41, 5.74) is 0.961. The van der Waals surface area contributed by atoms with Crippen LogP contribution in [0.2, 0.25) is 0 Å². The Kier molecular flexibility index (Phi) is 4.14. The van der Waals surface area contributed by atoms with E-state index in [2.05, 4.69) is 43.2 Å². The number of halogens is 1. The summed E-state index contributed by atoms with van der Waals surface area (Å²) in [6.07, 6.45) is 0. The van der Waals surface area contributed by atoms with Crippen molar-refractivity contribution in [3.05, 3.63) is 34.6 Å². The maximum absolute atomic E-state index is 5.36. The summed E-state index contributed by atoms with van der Waals surface area (Å²) >= 11 is 3.45. The van der Waals surface area contributed by atoms with E-state index in [1.54, 1.807) is 0 Å². The molecule has 2 heterocycles. The summed E-state index contributed by atoms with van der Waals surface area (Å²) in [6.45, 7) is 5.93. The van der Waals surface area contributed by atoms with Gasteiger partial charge in [-0.2, -0.15) is 4.98 Å². The lowest BCUT2D eigenvalue weighted by Crippen LogP contribution is -2.48. The standard InChI is InChI=1S/C14H17BrN4O/c1-10-8-19(6-5-16-10)9-13-17-14(18-20-13)11-3-2-4-12(15)7-11/h2-4,7,10,16H,5-6,8-9H2,1H3. The Morgan fingerprint density at radius 3 is 3.20 bits per heavy atom. The van der Waals surface area contributed by atoms with Crippen molar-refractivity contribution in [1.82, 2.24) is 20.4 Å². The van der Waals surface area contributed by atoms with Gasteiger partial charge >= 0.3 is 0 Å². The van der Waals surface area contributed by atoms with Gasteiger partial charge in [0, 0.05) is 35.7 Å². The second-order valence-electron chi connectivity index (χ2n) is 5.11. The van der Waals surface area contributed by atoms with Crippen LogP contribution in [-0.2, 0) is 6.54 Å². The topological polar surface area (TPSA) is 54.2 Å². The SMILES string of the molecule is CC1CN(Cc2nc(-c3cccc(Br)c3)no2)CCN1. The Morgan fingerprint density at radius 1 is 1.50 bits per heavy atom. The summed E-state index contributed by atoms with van der Waals surface area (Å²) in [4.78, 5) is 6.81. The van der Waals surface area contributed by atoms with E-state index in [4.69, 9.17) is 4.52 Å². The molecule has 0 amide bonds. The molecular formula is C14H17BrN4O. The van der Waals surface area contributed by atoms with Crippen molar-refractivity contribution in [2.45, 2.75) is 19.5 Å². The molecule has 6 heteroatoms. The number of aromatic nitrogens is 2. The van der Waals surface area contributed by atoms with Crippen molar-refractivity contribution in [2.75, 3.05) is 19.6 Å². The third-order valence-electron chi connectivity index (χ3n) is 3.36. The molecule has 1 N–H and O–H groups in total. The summed E-state index contributed by atoms with van der Waals surface area (Å²) in [7, 11) is 0. The average molecular weight is 337 g/mol. The number of piperazine rings is 1.